The van der Waals surface area contributed by atoms with Crippen LogP contribution in [0.2, 0.25) is 0 Å². The molecule has 0 aliphatic heterocycles. The van der Waals surface area contributed by atoms with Crippen molar-refractivity contribution in [1.29, 1.82) is 0 Å². The zero-order chi connectivity index (χ0) is 15.4. The van der Waals surface area contributed by atoms with Crippen molar-refractivity contribution in [2.45, 2.75) is 32.8 Å². The van der Waals surface area contributed by atoms with Gasteiger partial charge in [0.1, 0.15) is 16.2 Å². The molecule has 1 aromatic carbocycles. The molecule has 1 aliphatic carbocycles. The zero-order valence-electron chi connectivity index (χ0n) is 12.1. The third kappa shape index (κ3) is 2.49. The summed E-state index contributed by atoms with van der Waals surface area (Å²) in [6.07, 6.45) is 0.809. The van der Waals surface area contributed by atoms with Crippen LogP contribution in [0.3, 0.4) is 0 Å². The molecular weight excluding hydrogens is 350 g/mol. The van der Waals surface area contributed by atoms with Crippen molar-refractivity contribution >= 4 is 38.2 Å². The number of carbonyl (C=O) groups is 1. The predicted octanol–water partition coefficient (Wildman–Crippen LogP) is 4.62. The van der Waals surface area contributed by atoms with E-state index in [1.54, 1.807) is 0 Å². The first-order chi connectivity index (χ1) is 9.78. The molecule has 1 aromatic heterocycles. The second-order valence-corrected chi connectivity index (χ2v) is 8.08. The number of carbonyl (C=O) groups excluding carboxylic acids is 1. The maximum Gasteiger partial charge on any atom is 0.342 e. The Morgan fingerprint density at radius 3 is 2.76 bits per heavy atom. The molecule has 110 valence electrons. The molecule has 21 heavy (non-hydrogen) atoms. The molecule has 0 radical (unpaired) electrons. The van der Waals surface area contributed by atoms with Crippen LogP contribution >= 0.6 is 27.3 Å². The summed E-state index contributed by atoms with van der Waals surface area (Å²) in [4.78, 5) is 13.6. The van der Waals surface area contributed by atoms with Crippen LogP contribution in [-0.4, -0.2) is 11.6 Å². The van der Waals surface area contributed by atoms with Crippen molar-refractivity contribution in [3.63, 3.8) is 0 Å². The Bertz CT molecular complexity index is 743. The van der Waals surface area contributed by atoms with Crippen molar-refractivity contribution in [1.82, 2.24) is 0 Å². The van der Waals surface area contributed by atoms with Gasteiger partial charge in [-0.25, -0.2) is 4.79 Å². The molecule has 3 rings (SSSR count). The van der Waals surface area contributed by atoms with Crippen LogP contribution in [-0.2, 0) is 11.2 Å². The lowest BCUT2D eigenvalue weighted by Gasteiger charge is -2.20. The van der Waals surface area contributed by atoms with Crippen molar-refractivity contribution < 1.29 is 9.53 Å². The fourth-order valence-corrected chi connectivity index (χ4v) is 4.16. The minimum Gasteiger partial charge on any atom is -0.456 e. The highest BCUT2D eigenvalue weighted by molar-refractivity contribution is 9.10. The van der Waals surface area contributed by atoms with Crippen LogP contribution in [0.25, 0.3) is 11.1 Å². The van der Waals surface area contributed by atoms with Gasteiger partial charge in [0, 0.05) is 21.3 Å². The number of esters is 1. The van der Waals surface area contributed by atoms with Crippen LogP contribution in [0, 0.1) is 0 Å². The van der Waals surface area contributed by atoms with Crippen LogP contribution in [0.15, 0.2) is 22.7 Å². The number of hydrogen-bond donors (Lipinski definition) is 1. The van der Waals surface area contributed by atoms with Crippen LogP contribution in [0.4, 0.5) is 5.00 Å². The number of anilines is 1. The lowest BCUT2D eigenvalue weighted by atomic mass is 10.0. The van der Waals surface area contributed by atoms with Crippen molar-refractivity contribution in [2.75, 3.05) is 5.73 Å². The molecule has 2 aromatic rings. The number of hydrogen-bond acceptors (Lipinski definition) is 4. The van der Waals surface area contributed by atoms with Gasteiger partial charge in [0.2, 0.25) is 0 Å². The SMILES string of the molecule is CC(C)(C)OC(=O)c1c(N)sc2c1-c1cccc(Br)c1C2. The zero-order valence-corrected chi connectivity index (χ0v) is 14.5. The summed E-state index contributed by atoms with van der Waals surface area (Å²) >= 11 is 5.06. The van der Waals surface area contributed by atoms with E-state index >= 15 is 0 Å². The molecule has 0 bridgehead atoms. The summed E-state index contributed by atoms with van der Waals surface area (Å²) in [7, 11) is 0. The van der Waals surface area contributed by atoms with Crippen molar-refractivity contribution in [3.8, 4) is 11.1 Å². The van der Waals surface area contributed by atoms with Crippen LogP contribution in [0.5, 0.6) is 0 Å². The Morgan fingerprint density at radius 1 is 1.38 bits per heavy atom. The van der Waals surface area contributed by atoms with Gasteiger partial charge in [0.15, 0.2) is 0 Å². The third-order valence-electron chi connectivity index (χ3n) is 3.34. The summed E-state index contributed by atoms with van der Waals surface area (Å²) in [6, 6.07) is 6.03. The van der Waals surface area contributed by atoms with E-state index in [1.807, 2.05) is 39.0 Å². The summed E-state index contributed by atoms with van der Waals surface area (Å²) < 4.78 is 6.58. The lowest BCUT2D eigenvalue weighted by Crippen LogP contribution is -2.24. The number of ether oxygens (including phenoxy) is 1. The number of rotatable bonds is 1. The van der Waals surface area contributed by atoms with E-state index < -0.39 is 5.60 Å². The first kappa shape index (κ1) is 14.6. The highest BCUT2D eigenvalue weighted by Gasteiger charge is 2.32. The first-order valence-corrected chi connectivity index (χ1v) is 8.31. The summed E-state index contributed by atoms with van der Waals surface area (Å²) in [5.74, 6) is -0.342. The second-order valence-electron chi connectivity index (χ2n) is 6.08. The number of nitrogens with two attached hydrogens (primary N) is 1. The molecule has 1 heterocycles. The summed E-state index contributed by atoms with van der Waals surface area (Å²) in [5.41, 5.74) is 9.29. The van der Waals surface area contributed by atoms with Gasteiger partial charge in [-0.05, 0) is 38.0 Å². The Labute approximate surface area is 136 Å². The van der Waals surface area contributed by atoms with Gasteiger partial charge in [0.25, 0.3) is 0 Å². The Hall–Kier alpha value is -1.33. The molecule has 1 aliphatic rings. The highest BCUT2D eigenvalue weighted by atomic mass is 79.9. The van der Waals surface area contributed by atoms with Gasteiger partial charge in [-0.3, -0.25) is 0 Å². The van der Waals surface area contributed by atoms with Crippen molar-refractivity contribution in [2.24, 2.45) is 0 Å². The van der Waals surface area contributed by atoms with Gasteiger partial charge < -0.3 is 10.5 Å². The van der Waals surface area contributed by atoms with Crippen LogP contribution in [0.1, 0.15) is 41.6 Å². The molecule has 3 nitrogen and oxygen atoms in total. The molecule has 2 N–H and O–H groups in total. The maximum absolute atomic E-state index is 12.5. The average Bonchev–Trinajstić information content (AvgIpc) is 2.82. The topological polar surface area (TPSA) is 52.3 Å². The molecule has 0 spiro atoms. The van der Waals surface area contributed by atoms with E-state index in [4.69, 9.17) is 10.5 Å². The van der Waals surface area contributed by atoms with E-state index in [0.717, 1.165) is 26.9 Å². The Kier molecular flexibility index (Phi) is 3.37. The first-order valence-electron chi connectivity index (χ1n) is 6.70. The fourth-order valence-electron chi connectivity index (χ4n) is 2.57. The van der Waals surface area contributed by atoms with E-state index in [2.05, 4.69) is 15.9 Å². The number of nitrogen functional groups attached to an aromatic ring is 1. The fraction of sp³-hybridized carbons (Fsp3) is 0.312. The number of benzene rings is 1. The minimum absolute atomic E-state index is 0.342. The Morgan fingerprint density at radius 2 is 2.10 bits per heavy atom. The molecule has 0 atom stereocenters. The van der Waals surface area contributed by atoms with E-state index in [1.165, 1.54) is 16.9 Å². The van der Waals surface area contributed by atoms with E-state index in [9.17, 15) is 4.79 Å². The molecular formula is C16H16BrNO2S. The molecule has 0 amide bonds. The second kappa shape index (κ2) is 4.85. The maximum atomic E-state index is 12.5. The average molecular weight is 366 g/mol. The largest absolute Gasteiger partial charge is 0.456 e. The highest BCUT2D eigenvalue weighted by Crippen LogP contribution is 2.48. The third-order valence-corrected chi connectivity index (χ3v) is 5.10. The molecule has 0 saturated heterocycles. The van der Waals surface area contributed by atoms with E-state index in [0.29, 0.717) is 10.6 Å². The molecule has 5 heteroatoms. The number of halogens is 1. The molecule has 0 fully saturated rings. The van der Waals surface area contributed by atoms with Gasteiger partial charge in [-0.15, -0.1) is 11.3 Å². The quantitative estimate of drug-likeness (QED) is 0.640. The molecule has 0 saturated carbocycles. The van der Waals surface area contributed by atoms with Gasteiger partial charge in [-0.1, -0.05) is 28.1 Å². The van der Waals surface area contributed by atoms with Crippen molar-refractivity contribution in [3.05, 3.63) is 38.7 Å². The minimum atomic E-state index is -0.531. The summed E-state index contributed by atoms with van der Waals surface area (Å²) in [6.45, 7) is 5.58. The lowest BCUT2D eigenvalue weighted by molar-refractivity contribution is 0.00722. The van der Waals surface area contributed by atoms with Gasteiger partial charge in [-0.2, -0.15) is 0 Å². The number of fused-ring (bicyclic) bond motifs is 3. The van der Waals surface area contributed by atoms with Gasteiger partial charge in [0.05, 0.1) is 0 Å². The normalized spacial score (nSPS) is 13.0. The Balaban J connectivity index is 2.13. The van der Waals surface area contributed by atoms with E-state index in [-0.39, 0.29) is 5.97 Å². The van der Waals surface area contributed by atoms with Gasteiger partial charge >= 0.3 is 5.97 Å². The summed E-state index contributed by atoms with van der Waals surface area (Å²) in [5, 5.41) is 0.542. The predicted molar refractivity (Wildman–Crippen MR) is 89.8 cm³/mol. The molecule has 0 unspecified atom stereocenters. The van der Waals surface area contributed by atoms with Crippen LogP contribution < -0.4 is 5.73 Å². The smallest absolute Gasteiger partial charge is 0.342 e. The number of thiophene rings is 1. The monoisotopic (exact) mass is 365 g/mol. The standard InChI is InChI=1S/C16H16BrNO2S/c1-16(2,3)20-15(19)13-12-8-5-4-6-10(17)9(8)7-11(12)21-14(13)18/h4-6H,7,18H2,1-3H3.